The number of pyridine rings is 1. The zero-order valence-electron chi connectivity index (χ0n) is 9.27. The van der Waals surface area contributed by atoms with E-state index in [-0.39, 0.29) is 11.6 Å². The molecule has 0 saturated carbocycles. The fraction of sp³-hybridized carbons (Fsp3) is 0.300. The zero-order chi connectivity index (χ0) is 12.1. The van der Waals surface area contributed by atoms with E-state index in [0.29, 0.717) is 10.0 Å². The molecule has 0 aromatic carbocycles. The van der Waals surface area contributed by atoms with Gasteiger partial charge in [0.2, 0.25) is 5.88 Å². The van der Waals surface area contributed by atoms with Crippen LogP contribution < -0.4 is 4.74 Å². The molecule has 1 heterocycles. The monoisotopic (exact) mass is 285 g/mol. The Morgan fingerprint density at radius 1 is 1.56 bits per heavy atom. The summed E-state index contributed by atoms with van der Waals surface area (Å²) in [7, 11) is 5.22. The van der Waals surface area contributed by atoms with Gasteiger partial charge < -0.3 is 9.64 Å². The van der Waals surface area contributed by atoms with Crippen molar-refractivity contribution in [3.05, 3.63) is 27.3 Å². The van der Waals surface area contributed by atoms with Crippen LogP contribution in [-0.2, 0) is 0 Å². The summed E-state index contributed by atoms with van der Waals surface area (Å²) in [6.45, 7) is 0. The van der Waals surface area contributed by atoms with Gasteiger partial charge in [-0.1, -0.05) is 0 Å². The van der Waals surface area contributed by atoms with E-state index in [0.717, 1.165) is 0 Å². The van der Waals surface area contributed by atoms with E-state index in [9.17, 15) is 4.91 Å². The van der Waals surface area contributed by atoms with Gasteiger partial charge in [0.1, 0.15) is 0 Å². The molecule has 5 nitrogen and oxygen atoms in total. The number of halogens is 1. The first kappa shape index (κ1) is 12.6. The van der Waals surface area contributed by atoms with E-state index < -0.39 is 0 Å². The molecule has 0 spiro atoms. The lowest BCUT2D eigenvalue weighted by Crippen LogP contribution is -2.00. The molecule has 0 unspecified atom stereocenters. The van der Waals surface area contributed by atoms with E-state index in [4.69, 9.17) is 4.74 Å². The van der Waals surface area contributed by atoms with Gasteiger partial charge in [0.05, 0.1) is 7.11 Å². The van der Waals surface area contributed by atoms with Crippen molar-refractivity contribution in [1.82, 2.24) is 9.88 Å². The number of ether oxygens (including phenoxy) is 1. The summed E-state index contributed by atoms with van der Waals surface area (Å²) in [4.78, 5) is 16.6. The second-order valence-electron chi connectivity index (χ2n) is 3.25. The van der Waals surface area contributed by atoms with Crippen LogP contribution in [0.15, 0.2) is 22.0 Å². The first-order chi connectivity index (χ1) is 7.60. The molecule has 0 aliphatic carbocycles. The minimum atomic E-state index is 0.190. The van der Waals surface area contributed by atoms with Gasteiger partial charge in [-0.3, -0.25) is 0 Å². The molecule has 0 bridgehead atoms. The number of methoxy groups -OCH3 is 1. The summed E-state index contributed by atoms with van der Waals surface area (Å²) >= 11 is 3.31. The molecule has 0 aliphatic heterocycles. The third kappa shape index (κ3) is 2.79. The maximum absolute atomic E-state index is 10.8. The Kier molecular flexibility index (Phi) is 4.42. The molecule has 86 valence electrons. The molecule has 0 amide bonds. The number of hydrogen-bond acceptors (Lipinski definition) is 5. The Balaban J connectivity index is 3.28. The second-order valence-corrected chi connectivity index (χ2v) is 4.10. The summed E-state index contributed by atoms with van der Waals surface area (Å²) in [5, 5.41) is 2.94. The fourth-order valence-corrected chi connectivity index (χ4v) is 1.52. The Morgan fingerprint density at radius 3 is 2.75 bits per heavy atom. The van der Waals surface area contributed by atoms with E-state index in [1.54, 1.807) is 12.3 Å². The number of nitrogens with zero attached hydrogens (tertiary/aromatic N) is 3. The minimum absolute atomic E-state index is 0.190. The number of hydrogen-bond donors (Lipinski definition) is 0. The molecule has 16 heavy (non-hydrogen) atoms. The van der Waals surface area contributed by atoms with Crippen molar-refractivity contribution < 1.29 is 4.74 Å². The molecular formula is C10H12BrN3O2. The van der Waals surface area contributed by atoms with Crippen molar-refractivity contribution in [3.63, 3.8) is 0 Å². The van der Waals surface area contributed by atoms with E-state index in [1.807, 2.05) is 25.2 Å². The molecule has 0 aliphatic rings. The number of rotatable bonds is 4. The van der Waals surface area contributed by atoms with E-state index in [1.165, 1.54) is 7.11 Å². The Labute approximate surface area is 102 Å². The highest BCUT2D eigenvalue weighted by molar-refractivity contribution is 9.10. The highest BCUT2D eigenvalue weighted by atomic mass is 79.9. The number of aromatic nitrogens is 1. The lowest BCUT2D eigenvalue weighted by molar-refractivity contribution is 0.399. The fourth-order valence-electron chi connectivity index (χ4n) is 1.09. The summed E-state index contributed by atoms with van der Waals surface area (Å²) in [5.74, 6) is 0.219. The molecule has 1 aromatic heterocycles. The van der Waals surface area contributed by atoms with Crippen molar-refractivity contribution in [2.24, 2.45) is 5.18 Å². The van der Waals surface area contributed by atoms with Crippen LogP contribution in [0.1, 0.15) is 5.56 Å². The predicted molar refractivity (Wildman–Crippen MR) is 66.7 cm³/mol. The standard InChI is InChI=1S/C10H12BrN3O2/c1-14(2)5-4-7-8(11)6-12-10(16-3)9(7)13-15/h4-6H,1-3H3/b5-4+. The largest absolute Gasteiger partial charge is 0.479 e. The van der Waals surface area contributed by atoms with Crippen molar-refractivity contribution in [2.45, 2.75) is 0 Å². The van der Waals surface area contributed by atoms with Gasteiger partial charge in [0.15, 0.2) is 5.69 Å². The van der Waals surface area contributed by atoms with Crippen molar-refractivity contribution in [3.8, 4) is 5.88 Å². The predicted octanol–water partition coefficient (Wildman–Crippen LogP) is 2.78. The molecule has 0 atom stereocenters. The van der Waals surface area contributed by atoms with Gasteiger partial charge >= 0.3 is 0 Å². The van der Waals surface area contributed by atoms with Crippen molar-refractivity contribution in [2.75, 3.05) is 21.2 Å². The van der Waals surface area contributed by atoms with Crippen molar-refractivity contribution >= 4 is 27.7 Å². The Hall–Kier alpha value is -1.43. The van der Waals surface area contributed by atoms with Crippen molar-refractivity contribution in [1.29, 1.82) is 0 Å². The van der Waals surface area contributed by atoms with Gasteiger partial charge in [0, 0.05) is 30.3 Å². The van der Waals surface area contributed by atoms with E-state index in [2.05, 4.69) is 26.1 Å². The van der Waals surface area contributed by atoms with Crippen LogP contribution in [0.2, 0.25) is 0 Å². The van der Waals surface area contributed by atoms with Gasteiger partial charge in [-0.05, 0) is 33.4 Å². The molecule has 1 rings (SSSR count). The van der Waals surface area contributed by atoms with Gasteiger partial charge in [-0.2, -0.15) is 0 Å². The lowest BCUT2D eigenvalue weighted by atomic mass is 10.2. The van der Waals surface area contributed by atoms with Crippen LogP contribution >= 0.6 is 15.9 Å². The lowest BCUT2D eigenvalue weighted by Gasteiger charge is -2.07. The summed E-state index contributed by atoms with van der Waals surface area (Å²) in [5.41, 5.74) is 0.838. The quantitative estimate of drug-likeness (QED) is 0.799. The van der Waals surface area contributed by atoms with E-state index >= 15 is 0 Å². The van der Waals surface area contributed by atoms with Crippen LogP contribution in [0.25, 0.3) is 6.08 Å². The SMILES string of the molecule is COc1ncc(Br)c(/C=C/N(C)C)c1N=O. The normalized spacial score (nSPS) is 10.5. The topological polar surface area (TPSA) is 54.8 Å². The highest BCUT2D eigenvalue weighted by Gasteiger charge is 2.12. The smallest absolute Gasteiger partial charge is 0.244 e. The van der Waals surface area contributed by atoms with Crippen LogP contribution in [0.4, 0.5) is 5.69 Å². The first-order valence-electron chi connectivity index (χ1n) is 4.50. The minimum Gasteiger partial charge on any atom is -0.479 e. The van der Waals surface area contributed by atoms with Gasteiger partial charge in [-0.15, -0.1) is 4.91 Å². The van der Waals surface area contributed by atoms with Crippen LogP contribution in [0, 0.1) is 4.91 Å². The molecule has 1 aromatic rings. The van der Waals surface area contributed by atoms with Crippen LogP contribution in [0.5, 0.6) is 5.88 Å². The average Bonchev–Trinajstić information content (AvgIpc) is 2.26. The Bertz CT molecular complexity index is 419. The number of nitroso groups, excluding NO2 is 1. The summed E-state index contributed by atoms with van der Waals surface area (Å²) in [6, 6.07) is 0. The first-order valence-corrected chi connectivity index (χ1v) is 5.30. The van der Waals surface area contributed by atoms with Gasteiger partial charge in [0.25, 0.3) is 0 Å². The summed E-state index contributed by atoms with van der Waals surface area (Å²) in [6.07, 6.45) is 5.15. The zero-order valence-corrected chi connectivity index (χ0v) is 10.9. The molecule has 0 N–H and O–H groups in total. The highest BCUT2D eigenvalue weighted by Crippen LogP contribution is 2.34. The van der Waals surface area contributed by atoms with Crippen LogP contribution in [0.3, 0.4) is 0 Å². The molecule has 0 radical (unpaired) electrons. The summed E-state index contributed by atoms with van der Waals surface area (Å²) < 4.78 is 5.66. The Morgan fingerprint density at radius 2 is 2.25 bits per heavy atom. The third-order valence-electron chi connectivity index (χ3n) is 1.83. The maximum atomic E-state index is 10.8. The molecule has 0 fully saturated rings. The molecule has 6 heteroatoms. The maximum Gasteiger partial charge on any atom is 0.244 e. The molecular weight excluding hydrogens is 274 g/mol. The van der Waals surface area contributed by atoms with Crippen LogP contribution in [-0.4, -0.2) is 31.1 Å². The van der Waals surface area contributed by atoms with Gasteiger partial charge in [-0.25, -0.2) is 4.98 Å². The molecule has 0 saturated heterocycles. The second kappa shape index (κ2) is 5.60. The average molecular weight is 286 g/mol. The third-order valence-corrected chi connectivity index (χ3v) is 2.47.